The Morgan fingerprint density at radius 3 is 2.30 bits per heavy atom. The minimum absolute atomic E-state index is 0.00344. The minimum atomic E-state index is -1.24. The number of anilines is 3. The number of hydrogen-bond acceptors (Lipinski definition) is 13. The maximum Gasteiger partial charge on any atom is 0.408 e. The molecule has 0 spiro atoms. The van der Waals surface area contributed by atoms with Gasteiger partial charge in [0.1, 0.15) is 41.0 Å². The number of Topliss-reactive ketones (excluding diaryl/α,β-unsaturated/α-hetero) is 1. The second-order valence-electron chi connectivity index (χ2n) is 18.4. The normalized spacial score (nSPS) is 19.2. The number of ketones is 1. The van der Waals surface area contributed by atoms with E-state index in [0.717, 1.165) is 18.0 Å². The largest absolute Gasteiger partial charge is 0.497 e. The number of thiazole rings is 1. The zero-order valence-corrected chi connectivity index (χ0v) is 39.8. The number of para-hydroxylation sites is 2. The Kier molecular flexibility index (Phi) is 16.2. The van der Waals surface area contributed by atoms with Gasteiger partial charge in [-0.1, -0.05) is 51.7 Å². The number of rotatable bonds is 11. The van der Waals surface area contributed by atoms with Crippen LogP contribution in [-0.4, -0.2) is 99.9 Å². The summed E-state index contributed by atoms with van der Waals surface area (Å²) in [6, 6.07) is 10.4. The number of aromatic nitrogens is 2. The molecule has 0 bridgehead atoms. The smallest absolute Gasteiger partial charge is 0.408 e. The first-order valence-corrected chi connectivity index (χ1v) is 23.5. The van der Waals surface area contributed by atoms with Crippen LogP contribution in [0, 0.1) is 5.92 Å². The highest BCUT2D eigenvalue weighted by molar-refractivity contribution is 7.14. The van der Waals surface area contributed by atoms with Crippen LogP contribution in [0.2, 0.25) is 0 Å². The molecule has 2 aromatic heterocycles. The number of hydrogen-bond donors (Lipinski definition) is 5. The molecule has 66 heavy (non-hydrogen) atoms. The number of amides is 5. The molecule has 18 heteroatoms. The van der Waals surface area contributed by atoms with E-state index in [2.05, 4.69) is 26.6 Å². The first kappa shape index (κ1) is 49.1. The van der Waals surface area contributed by atoms with Crippen LogP contribution in [0.1, 0.15) is 99.8 Å². The van der Waals surface area contributed by atoms with E-state index < -0.39 is 65.3 Å². The summed E-state index contributed by atoms with van der Waals surface area (Å²) >= 11 is 1.44. The predicted molar refractivity (Wildman–Crippen MR) is 254 cm³/mol. The van der Waals surface area contributed by atoms with Crippen molar-refractivity contribution < 1.29 is 43.0 Å². The molecule has 0 radical (unpaired) electrons. The monoisotopic (exact) mass is 926 g/mol. The van der Waals surface area contributed by atoms with Crippen LogP contribution in [0.15, 0.2) is 53.9 Å². The van der Waals surface area contributed by atoms with Crippen molar-refractivity contribution in [1.82, 2.24) is 25.5 Å². The third-order valence-electron chi connectivity index (χ3n) is 11.1. The van der Waals surface area contributed by atoms with Crippen molar-refractivity contribution in [2.45, 2.75) is 136 Å². The number of methoxy groups -OCH3 is 1. The lowest BCUT2D eigenvalue weighted by atomic mass is 10.0. The van der Waals surface area contributed by atoms with Gasteiger partial charge in [0.25, 0.3) is 5.91 Å². The van der Waals surface area contributed by atoms with E-state index in [0.29, 0.717) is 65.2 Å². The lowest BCUT2D eigenvalue weighted by molar-refractivity contribution is -0.142. The number of carbonyl (C=O) groups is 6. The van der Waals surface area contributed by atoms with E-state index in [1.54, 1.807) is 84.2 Å². The average molecular weight is 927 g/mol. The first-order chi connectivity index (χ1) is 31.4. The number of pyridine rings is 1. The quantitative estimate of drug-likeness (QED) is 0.0926. The summed E-state index contributed by atoms with van der Waals surface area (Å²) < 4.78 is 17.8. The average Bonchev–Trinajstić information content (AvgIpc) is 3.91. The molecule has 6 rings (SSSR count). The predicted octanol–water partition coefficient (Wildman–Crippen LogP) is 7.46. The van der Waals surface area contributed by atoms with Gasteiger partial charge in [0.15, 0.2) is 5.13 Å². The molecule has 4 aromatic rings. The van der Waals surface area contributed by atoms with Crippen LogP contribution in [-0.2, 0) is 28.7 Å². The van der Waals surface area contributed by atoms with Gasteiger partial charge in [0, 0.05) is 41.8 Å². The first-order valence-electron chi connectivity index (χ1n) is 22.6. The van der Waals surface area contributed by atoms with Gasteiger partial charge < -0.3 is 45.7 Å². The summed E-state index contributed by atoms with van der Waals surface area (Å²) in [5.74, 6) is -2.68. The molecule has 4 atom stereocenters. The van der Waals surface area contributed by atoms with Crippen molar-refractivity contribution in [3.05, 3.63) is 53.9 Å². The van der Waals surface area contributed by atoms with E-state index in [1.165, 1.54) is 16.2 Å². The van der Waals surface area contributed by atoms with E-state index in [4.69, 9.17) is 24.2 Å². The van der Waals surface area contributed by atoms with Crippen molar-refractivity contribution in [3.8, 4) is 22.9 Å². The van der Waals surface area contributed by atoms with Crippen molar-refractivity contribution in [1.29, 1.82) is 0 Å². The Morgan fingerprint density at radius 1 is 0.894 bits per heavy atom. The highest BCUT2D eigenvalue weighted by Gasteiger charge is 2.45. The van der Waals surface area contributed by atoms with E-state index in [-0.39, 0.29) is 37.0 Å². The van der Waals surface area contributed by atoms with Gasteiger partial charge in [-0.05, 0) is 77.6 Å². The highest BCUT2D eigenvalue weighted by Crippen LogP contribution is 2.36. The SMILES string of the molecule is COc1ccc2c(O[C@H]3C[C@@H](C(=O)N[C@@H]4CCCCCCCC(=O)Nc5ccccc5NC(=O)C4=O)N(C(=O)[C@H](NC(=O)OC(C)(C)C)C(C)C)C3)cc(-c3csc(NC(C)C)n3)nc2c1. The standard InChI is InChI=1S/C48H62N8O9S/c1-27(2)41(55-47(62)65-48(5,6)7)45(61)56-25-30(64-39-24-36(37-26-66-46(54-37)49-28(3)4)50-35-22-29(63-8)20-21-31(35)39)23-38(56)43(59)53-34-18-12-10-9-11-13-19-40(57)51-32-16-14-15-17-33(32)52-44(60)42(34)58/h14-17,20-22,24,26-28,30,34,38,41H,9-13,18-19,23,25H2,1-8H3,(H,49,54)(H,51,57)(H,52,60)(H,53,59)(H,55,62)/t30-,34+,38-,41+/m0/s1. The van der Waals surface area contributed by atoms with E-state index in [1.807, 2.05) is 25.3 Å². The summed E-state index contributed by atoms with van der Waals surface area (Å²) in [7, 11) is 1.57. The zero-order valence-electron chi connectivity index (χ0n) is 38.9. The molecule has 0 unspecified atom stereocenters. The van der Waals surface area contributed by atoms with Gasteiger partial charge in [-0.15, -0.1) is 11.3 Å². The molecule has 4 heterocycles. The van der Waals surface area contributed by atoms with E-state index in [9.17, 15) is 28.8 Å². The summed E-state index contributed by atoms with van der Waals surface area (Å²) in [5, 5.41) is 17.6. The fraction of sp³-hybridized carbons (Fsp3) is 0.500. The van der Waals surface area contributed by atoms with Crippen LogP contribution >= 0.6 is 11.3 Å². The van der Waals surface area contributed by atoms with Crippen LogP contribution < -0.4 is 36.1 Å². The van der Waals surface area contributed by atoms with Gasteiger partial charge in [0.2, 0.25) is 23.5 Å². The molecule has 1 fully saturated rings. The number of alkyl carbamates (subject to hydrolysis) is 1. The van der Waals surface area contributed by atoms with Gasteiger partial charge in [0.05, 0.1) is 42.3 Å². The summed E-state index contributed by atoms with van der Waals surface area (Å²) in [6.07, 6.45) is 2.36. The molecular weight excluding hydrogens is 865 g/mol. The van der Waals surface area contributed by atoms with Crippen LogP contribution in [0.5, 0.6) is 11.5 Å². The molecule has 2 aliphatic rings. The lowest BCUT2D eigenvalue weighted by Crippen LogP contribution is -2.57. The minimum Gasteiger partial charge on any atom is -0.497 e. The van der Waals surface area contributed by atoms with E-state index >= 15 is 0 Å². The van der Waals surface area contributed by atoms with Crippen molar-refractivity contribution in [2.24, 2.45) is 5.92 Å². The topological polar surface area (TPSA) is 219 Å². The Morgan fingerprint density at radius 2 is 1.61 bits per heavy atom. The van der Waals surface area contributed by atoms with Gasteiger partial charge in [-0.3, -0.25) is 24.0 Å². The molecule has 354 valence electrons. The van der Waals surface area contributed by atoms with Crippen LogP contribution in [0.3, 0.4) is 0 Å². The Bertz CT molecular complexity index is 2410. The summed E-state index contributed by atoms with van der Waals surface area (Å²) in [6.45, 7) is 12.7. The molecule has 2 aromatic carbocycles. The number of nitrogens with zero attached hydrogens (tertiary/aromatic N) is 3. The fourth-order valence-corrected chi connectivity index (χ4v) is 8.73. The number of nitrogens with one attached hydrogen (secondary N) is 5. The van der Waals surface area contributed by atoms with Gasteiger partial charge in [-0.25, -0.2) is 14.8 Å². The maximum absolute atomic E-state index is 14.7. The zero-order chi connectivity index (χ0) is 47.7. The van der Waals surface area contributed by atoms with Crippen LogP contribution in [0.4, 0.5) is 21.3 Å². The number of likely N-dealkylation sites (tertiary alicyclic amines) is 1. The van der Waals surface area contributed by atoms with Crippen molar-refractivity contribution >= 4 is 74.3 Å². The second-order valence-corrected chi connectivity index (χ2v) is 19.2. The Balaban J connectivity index is 1.33. The second kappa shape index (κ2) is 21.8. The number of ether oxygens (including phenoxy) is 3. The van der Waals surface area contributed by atoms with Crippen molar-refractivity contribution in [3.63, 3.8) is 0 Å². The Labute approximate surface area is 389 Å². The molecule has 0 aliphatic carbocycles. The Hall–Kier alpha value is -6.30. The summed E-state index contributed by atoms with van der Waals surface area (Å²) in [5.41, 5.74) is 1.46. The number of benzene rings is 2. The van der Waals surface area contributed by atoms with Gasteiger partial charge in [-0.2, -0.15) is 0 Å². The molecule has 2 aliphatic heterocycles. The number of carbonyl (C=O) groups excluding carboxylic acids is 6. The van der Waals surface area contributed by atoms with Gasteiger partial charge >= 0.3 is 6.09 Å². The third-order valence-corrected chi connectivity index (χ3v) is 11.9. The van der Waals surface area contributed by atoms with Crippen molar-refractivity contribution in [2.75, 3.05) is 29.6 Å². The highest BCUT2D eigenvalue weighted by atomic mass is 32.1. The summed E-state index contributed by atoms with van der Waals surface area (Å²) in [4.78, 5) is 93.9. The van der Waals surface area contributed by atoms with Crippen LogP contribution in [0.25, 0.3) is 22.3 Å². The molecular formula is C48H62N8O9S. The molecule has 5 N–H and O–H groups in total. The number of fused-ring (bicyclic) bond motifs is 2. The molecule has 0 saturated carbocycles. The maximum atomic E-state index is 14.7. The molecule has 17 nitrogen and oxygen atoms in total. The molecule has 5 amide bonds. The third kappa shape index (κ3) is 12.9. The fourth-order valence-electron chi connectivity index (χ4n) is 7.87. The lowest BCUT2D eigenvalue weighted by Gasteiger charge is -2.31. The molecule has 1 saturated heterocycles.